The second-order valence-electron chi connectivity index (χ2n) is 8.61. The first-order valence-corrected chi connectivity index (χ1v) is 12.5. The monoisotopic (exact) mass is 529 g/mol. The van der Waals surface area contributed by atoms with Gasteiger partial charge in [0.2, 0.25) is 5.95 Å². The van der Waals surface area contributed by atoms with Gasteiger partial charge in [0, 0.05) is 43.2 Å². The Balaban J connectivity index is 1.30. The van der Waals surface area contributed by atoms with Crippen LogP contribution in [0.2, 0.25) is 5.02 Å². The van der Waals surface area contributed by atoms with Crippen LogP contribution in [0.25, 0.3) is 4.85 Å². The fourth-order valence-electron chi connectivity index (χ4n) is 4.09. The summed E-state index contributed by atoms with van der Waals surface area (Å²) in [6.45, 7) is 11.7. The van der Waals surface area contributed by atoms with Crippen LogP contribution in [0.3, 0.4) is 0 Å². The van der Waals surface area contributed by atoms with E-state index in [-0.39, 0.29) is 18.1 Å². The number of rotatable bonds is 8. The molecule has 0 aliphatic carbocycles. The minimum absolute atomic E-state index is 0.125. The van der Waals surface area contributed by atoms with Crippen LogP contribution in [-0.4, -0.2) is 36.1 Å². The third-order valence-electron chi connectivity index (χ3n) is 6.00. The van der Waals surface area contributed by atoms with Crippen LogP contribution in [0.1, 0.15) is 5.56 Å². The van der Waals surface area contributed by atoms with Crippen molar-refractivity contribution in [2.75, 3.05) is 41.7 Å². The van der Waals surface area contributed by atoms with E-state index in [1.54, 1.807) is 30.3 Å². The van der Waals surface area contributed by atoms with Gasteiger partial charge in [0.1, 0.15) is 23.2 Å². The van der Waals surface area contributed by atoms with Crippen molar-refractivity contribution in [2.24, 2.45) is 0 Å². The number of nitrogens with one attached hydrogen (secondary N) is 3. The Kier molecular flexibility index (Phi) is 7.83. The first-order valence-electron chi connectivity index (χ1n) is 12.1. The summed E-state index contributed by atoms with van der Waals surface area (Å²) in [5.74, 6) is 0.719. The molecule has 1 saturated heterocycles. The normalized spacial score (nSPS) is 13.0. The van der Waals surface area contributed by atoms with E-state index in [1.807, 2.05) is 12.1 Å². The number of hydrogen-bond acceptors (Lipinski definition) is 7. The Labute approximate surface area is 225 Å². The highest BCUT2D eigenvalue weighted by Crippen LogP contribution is 2.38. The standard InChI is InChI=1S/C28H25ClFN7O/c1-31-26-24(6-3-7-25(26)38-18-19-4-2-5-20(30)16-19)35-27-23(29)17-33-28(36-27)34-21-8-10-22(11-9-21)37-14-12-32-13-15-37/h2-11,16-17,32H,12-15,18H2,(H2,33,34,35,36). The number of para-hydroxylation sites is 1. The zero-order chi connectivity index (χ0) is 26.3. The molecule has 0 spiro atoms. The van der Waals surface area contributed by atoms with Crippen molar-refractivity contribution in [1.29, 1.82) is 0 Å². The first-order chi connectivity index (χ1) is 18.6. The molecule has 1 aliphatic heterocycles. The molecular weight excluding hydrogens is 505 g/mol. The molecule has 3 aromatic carbocycles. The van der Waals surface area contributed by atoms with Gasteiger partial charge in [0.25, 0.3) is 5.69 Å². The Morgan fingerprint density at radius 2 is 1.84 bits per heavy atom. The lowest BCUT2D eigenvalue weighted by molar-refractivity contribution is 0.307. The van der Waals surface area contributed by atoms with Gasteiger partial charge in [-0.15, -0.1) is 0 Å². The zero-order valence-corrected chi connectivity index (χ0v) is 21.2. The smallest absolute Gasteiger partial charge is 0.250 e. The molecule has 1 aliphatic rings. The maximum Gasteiger partial charge on any atom is 0.250 e. The number of nitrogens with zero attached hydrogens (tertiary/aromatic N) is 4. The number of hydrogen-bond donors (Lipinski definition) is 3. The summed E-state index contributed by atoms with van der Waals surface area (Å²) < 4.78 is 19.3. The molecule has 8 nitrogen and oxygen atoms in total. The van der Waals surface area contributed by atoms with Crippen molar-refractivity contribution in [3.8, 4) is 5.75 Å². The van der Waals surface area contributed by atoms with E-state index < -0.39 is 0 Å². The van der Waals surface area contributed by atoms with Crippen molar-refractivity contribution < 1.29 is 9.13 Å². The molecule has 1 fully saturated rings. The minimum Gasteiger partial charge on any atom is -0.500 e. The van der Waals surface area contributed by atoms with E-state index in [0.29, 0.717) is 33.8 Å². The predicted octanol–water partition coefficient (Wildman–Crippen LogP) is 6.30. The second kappa shape index (κ2) is 11.8. The molecular formula is C28H25ClFN7O. The van der Waals surface area contributed by atoms with Gasteiger partial charge in [0.05, 0.1) is 12.8 Å². The van der Waals surface area contributed by atoms with Gasteiger partial charge < -0.3 is 25.6 Å². The van der Waals surface area contributed by atoms with Crippen LogP contribution in [0.4, 0.5) is 38.9 Å². The minimum atomic E-state index is -0.342. The molecule has 0 unspecified atom stereocenters. The molecule has 0 amide bonds. The average molecular weight is 530 g/mol. The summed E-state index contributed by atoms with van der Waals surface area (Å²) in [6.07, 6.45) is 1.50. The zero-order valence-electron chi connectivity index (χ0n) is 20.4. The number of piperazine rings is 1. The number of ether oxygens (including phenoxy) is 1. The predicted molar refractivity (Wildman–Crippen MR) is 149 cm³/mol. The van der Waals surface area contributed by atoms with Crippen LogP contribution in [0, 0.1) is 12.4 Å². The van der Waals surface area contributed by atoms with E-state index in [9.17, 15) is 4.39 Å². The third kappa shape index (κ3) is 6.11. The van der Waals surface area contributed by atoms with Crippen LogP contribution in [-0.2, 0) is 6.61 Å². The van der Waals surface area contributed by atoms with E-state index in [1.165, 1.54) is 24.0 Å². The highest BCUT2D eigenvalue weighted by atomic mass is 35.5. The Hall–Kier alpha value is -4.39. The Morgan fingerprint density at radius 1 is 1.05 bits per heavy atom. The average Bonchev–Trinajstić information content (AvgIpc) is 2.95. The third-order valence-corrected chi connectivity index (χ3v) is 6.27. The summed E-state index contributed by atoms with van der Waals surface area (Å²) in [5, 5.41) is 9.99. The quantitative estimate of drug-likeness (QED) is 0.231. The van der Waals surface area contributed by atoms with Crippen LogP contribution < -0.4 is 25.6 Å². The molecule has 1 aromatic heterocycles. The van der Waals surface area contributed by atoms with Gasteiger partial charge >= 0.3 is 0 Å². The van der Waals surface area contributed by atoms with Crippen molar-refractivity contribution in [3.63, 3.8) is 0 Å². The Bertz CT molecular complexity index is 1450. The fourth-order valence-corrected chi connectivity index (χ4v) is 4.23. The Morgan fingerprint density at radius 3 is 2.61 bits per heavy atom. The van der Waals surface area contributed by atoms with Gasteiger partial charge in [-0.25, -0.2) is 14.2 Å². The highest BCUT2D eigenvalue weighted by Gasteiger charge is 2.14. The van der Waals surface area contributed by atoms with Crippen LogP contribution in [0.15, 0.2) is 72.9 Å². The molecule has 5 rings (SSSR count). The van der Waals surface area contributed by atoms with Crippen LogP contribution in [0.5, 0.6) is 5.75 Å². The molecule has 2 heterocycles. The molecule has 192 valence electrons. The molecule has 0 radical (unpaired) electrons. The lowest BCUT2D eigenvalue weighted by Gasteiger charge is -2.29. The lowest BCUT2D eigenvalue weighted by Crippen LogP contribution is -2.43. The number of aromatic nitrogens is 2. The van der Waals surface area contributed by atoms with Crippen molar-refractivity contribution in [3.05, 3.63) is 101 Å². The summed E-state index contributed by atoms with van der Waals surface area (Å²) in [4.78, 5) is 14.8. The highest BCUT2D eigenvalue weighted by molar-refractivity contribution is 6.33. The van der Waals surface area contributed by atoms with Gasteiger partial charge in [-0.2, -0.15) is 4.98 Å². The van der Waals surface area contributed by atoms with Gasteiger partial charge in [0.15, 0.2) is 5.82 Å². The largest absolute Gasteiger partial charge is 0.500 e. The number of halogens is 2. The van der Waals surface area contributed by atoms with Crippen molar-refractivity contribution in [1.82, 2.24) is 15.3 Å². The molecule has 0 atom stereocenters. The second-order valence-corrected chi connectivity index (χ2v) is 9.01. The van der Waals surface area contributed by atoms with E-state index in [4.69, 9.17) is 22.9 Å². The van der Waals surface area contributed by atoms with E-state index in [0.717, 1.165) is 31.9 Å². The van der Waals surface area contributed by atoms with Crippen molar-refractivity contribution in [2.45, 2.75) is 6.61 Å². The summed E-state index contributed by atoms with van der Waals surface area (Å²) in [6, 6.07) is 19.4. The molecule has 0 saturated carbocycles. The van der Waals surface area contributed by atoms with Gasteiger partial charge in [-0.05, 0) is 54.1 Å². The first kappa shape index (κ1) is 25.3. The summed E-state index contributed by atoms with van der Waals surface area (Å²) in [7, 11) is 0. The number of anilines is 5. The fraction of sp³-hybridized carbons (Fsp3) is 0.179. The van der Waals surface area contributed by atoms with Crippen LogP contribution >= 0.6 is 11.6 Å². The molecule has 38 heavy (non-hydrogen) atoms. The lowest BCUT2D eigenvalue weighted by atomic mass is 10.2. The van der Waals surface area contributed by atoms with Gasteiger partial charge in [-0.1, -0.05) is 29.8 Å². The van der Waals surface area contributed by atoms with E-state index >= 15 is 0 Å². The molecule has 10 heteroatoms. The van der Waals surface area contributed by atoms with E-state index in [2.05, 4.69) is 47.8 Å². The number of benzene rings is 3. The molecule has 0 bridgehead atoms. The summed E-state index contributed by atoms with van der Waals surface area (Å²) in [5.41, 5.74) is 3.41. The summed E-state index contributed by atoms with van der Waals surface area (Å²) >= 11 is 6.38. The topological polar surface area (TPSA) is 78.7 Å². The maximum atomic E-state index is 13.5. The molecule has 4 aromatic rings. The SMILES string of the molecule is [C-]#[N+]c1c(Nc2nc(Nc3ccc(N4CCNCC4)cc3)ncc2Cl)cccc1OCc1cccc(F)c1. The van der Waals surface area contributed by atoms with Gasteiger partial charge in [-0.3, -0.25) is 0 Å². The molecule has 3 N–H and O–H groups in total. The maximum absolute atomic E-state index is 13.5. The van der Waals surface area contributed by atoms with Crippen molar-refractivity contribution >= 4 is 46.1 Å².